The Morgan fingerprint density at radius 2 is 1.26 bits per heavy atom. The standard InChI is InChI=1S/C18H36S/c1-7-9-11-13-15-18(3,14-12-10-8-2)16-17-19(4,5)6/h7-15H2,1-6H3. The maximum Gasteiger partial charge on any atom is 0.0295 e. The first-order chi connectivity index (χ1) is 8.83. The van der Waals surface area contributed by atoms with Gasteiger partial charge in [0.25, 0.3) is 0 Å². The van der Waals surface area contributed by atoms with Gasteiger partial charge in [0.1, 0.15) is 0 Å². The second kappa shape index (κ2) is 9.76. The lowest BCUT2D eigenvalue weighted by molar-refractivity contribution is 0.345. The van der Waals surface area contributed by atoms with E-state index in [1.54, 1.807) is 0 Å². The normalized spacial score (nSPS) is 15.5. The Labute approximate surface area is 124 Å². The van der Waals surface area contributed by atoms with Crippen molar-refractivity contribution < 1.29 is 0 Å². The molecule has 0 amide bonds. The maximum absolute atomic E-state index is 3.66. The van der Waals surface area contributed by atoms with Crippen molar-refractivity contribution >= 4 is 10.0 Å². The molecule has 19 heavy (non-hydrogen) atoms. The van der Waals surface area contributed by atoms with Crippen LogP contribution in [0.25, 0.3) is 0 Å². The molecule has 1 heteroatoms. The molecule has 0 N–H and O–H groups in total. The van der Waals surface area contributed by atoms with E-state index in [1.165, 1.54) is 57.8 Å². The van der Waals surface area contributed by atoms with Crippen LogP contribution >= 0.6 is 10.0 Å². The predicted molar refractivity (Wildman–Crippen MR) is 94.1 cm³/mol. The van der Waals surface area contributed by atoms with Crippen molar-refractivity contribution in [3.63, 3.8) is 0 Å². The largest absolute Gasteiger partial charge is 0.186 e. The fourth-order valence-electron chi connectivity index (χ4n) is 2.23. The van der Waals surface area contributed by atoms with Crippen LogP contribution in [0.1, 0.15) is 78.6 Å². The Bertz CT molecular complexity index is 276. The highest BCUT2D eigenvalue weighted by Crippen LogP contribution is 2.36. The van der Waals surface area contributed by atoms with Gasteiger partial charge >= 0.3 is 0 Å². The van der Waals surface area contributed by atoms with Crippen molar-refractivity contribution in [2.24, 2.45) is 5.41 Å². The zero-order valence-electron chi connectivity index (χ0n) is 14.3. The first-order valence-corrected chi connectivity index (χ1v) is 10.9. The molecule has 0 saturated heterocycles. The fourth-order valence-corrected chi connectivity index (χ4v) is 2.79. The quantitative estimate of drug-likeness (QED) is 0.349. The van der Waals surface area contributed by atoms with E-state index in [4.69, 9.17) is 0 Å². The molecule has 0 radical (unpaired) electrons. The van der Waals surface area contributed by atoms with E-state index in [2.05, 4.69) is 50.7 Å². The molecule has 0 aromatic rings. The van der Waals surface area contributed by atoms with Crippen molar-refractivity contribution in [1.29, 1.82) is 0 Å². The van der Waals surface area contributed by atoms with Gasteiger partial charge in [-0.2, -0.15) is 10.0 Å². The molecule has 0 aliphatic heterocycles. The highest BCUT2D eigenvalue weighted by molar-refractivity contribution is 8.35. The van der Waals surface area contributed by atoms with Gasteiger partial charge in [-0.05, 0) is 38.5 Å². The smallest absolute Gasteiger partial charge is 0.0295 e. The van der Waals surface area contributed by atoms with Crippen LogP contribution in [0.5, 0.6) is 0 Å². The Balaban J connectivity index is 4.46. The van der Waals surface area contributed by atoms with Crippen LogP contribution < -0.4 is 0 Å². The summed E-state index contributed by atoms with van der Waals surface area (Å²) in [6, 6.07) is 0. The van der Waals surface area contributed by atoms with Gasteiger partial charge in [-0.15, -0.1) is 0 Å². The molecule has 0 spiro atoms. The Hall–Kier alpha value is -0.0900. The number of rotatable bonds is 9. The molecule has 0 aromatic heterocycles. The lowest BCUT2D eigenvalue weighted by Crippen LogP contribution is -2.14. The molecule has 0 bridgehead atoms. The van der Waals surface area contributed by atoms with Gasteiger partial charge < -0.3 is 0 Å². The van der Waals surface area contributed by atoms with Gasteiger partial charge in [0.05, 0.1) is 0 Å². The highest BCUT2D eigenvalue weighted by Gasteiger charge is 2.20. The number of hydrogen-bond acceptors (Lipinski definition) is 0. The molecule has 0 saturated carbocycles. The topological polar surface area (TPSA) is 0 Å². The first-order valence-electron chi connectivity index (χ1n) is 8.05. The zero-order chi connectivity index (χ0) is 14.8. The predicted octanol–water partition coefficient (Wildman–Crippen LogP) is 6.20. The Morgan fingerprint density at radius 3 is 1.74 bits per heavy atom. The summed E-state index contributed by atoms with van der Waals surface area (Å²) < 4.78 is 0. The molecular formula is C18H36S. The molecule has 0 nitrogen and oxygen atoms in total. The molecule has 1 unspecified atom stereocenters. The summed E-state index contributed by atoms with van der Waals surface area (Å²) >= 11 is 0. The SMILES string of the molecule is CCCCCCC(C)(C#CS(C)(C)C)CCCCC. The zero-order valence-corrected chi connectivity index (χ0v) is 15.1. The molecule has 0 aromatic carbocycles. The van der Waals surface area contributed by atoms with E-state index in [-0.39, 0.29) is 5.41 Å². The van der Waals surface area contributed by atoms with E-state index in [0.29, 0.717) is 0 Å². The van der Waals surface area contributed by atoms with Crippen LogP contribution in [0.15, 0.2) is 0 Å². The minimum Gasteiger partial charge on any atom is -0.186 e. The van der Waals surface area contributed by atoms with E-state index in [9.17, 15) is 0 Å². The van der Waals surface area contributed by atoms with Crippen LogP contribution in [0.2, 0.25) is 0 Å². The van der Waals surface area contributed by atoms with Crippen LogP contribution in [0.4, 0.5) is 0 Å². The Morgan fingerprint density at radius 1 is 0.789 bits per heavy atom. The average molecular weight is 285 g/mol. The number of unbranched alkanes of at least 4 members (excludes halogenated alkanes) is 5. The van der Waals surface area contributed by atoms with Crippen LogP contribution in [0, 0.1) is 16.6 Å². The molecule has 0 rings (SSSR count). The van der Waals surface area contributed by atoms with Crippen LogP contribution in [-0.2, 0) is 0 Å². The van der Waals surface area contributed by atoms with Gasteiger partial charge in [-0.1, -0.05) is 70.0 Å². The van der Waals surface area contributed by atoms with Crippen molar-refractivity contribution in [3.05, 3.63) is 0 Å². The van der Waals surface area contributed by atoms with E-state index in [1.807, 2.05) is 0 Å². The highest BCUT2D eigenvalue weighted by atomic mass is 32.3. The third-order valence-electron chi connectivity index (χ3n) is 3.57. The summed E-state index contributed by atoms with van der Waals surface area (Å²) in [6.45, 7) is 6.96. The van der Waals surface area contributed by atoms with Crippen LogP contribution in [0.3, 0.4) is 0 Å². The van der Waals surface area contributed by atoms with E-state index < -0.39 is 10.0 Å². The average Bonchev–Trinajstić information content (AvgIpc) is 2.32. The monoisotopic (exact) mass is 284 g/mol. The van der Waals surface area contributed by atoms with Gasteiger partial charge in [-0.3, -0.25) is 0 Å². The van der Waals surface area contributed by atoms with E-state index >= 15 is 0 Å². The van der Waals surface area contributed by atoms with Crippen molar-refractivity contribution in [1.82, 2.24) is 0 Å². The second-order valence-electron chi connectivity index (χ2n) is 6.89. The third-order valence-corrected chi connectivity index (χ3v) is 4.29. The van der Waals surface area contributed by atoms with Gasteiger partial charge in [0.2, 0.25) is 0 Å². The second-order valence-corrected chi connectivity index (χ2v) is 10.8. The minimum atomic E-state index is -0.684. The summed E-state index contributed by atoms with van der Waals surface area (Å²) in [6.07, 6.45) is 18.9. The Kier molecular flexibility index (Phi) is 9.71. The summed E-state index contributed by atoms with van der Waals surface area (Å²) in [5.74, 6) is 3.66. The van der Waals surface area contributed by atoms with Crippen LogP contribution in [-0.4, -0.2) is 18.8 Å². The molecule has 0 heterocycles. The number of hydrogen-bond donors (Lipinski definition) is 0. The molecule has 1 atom stereocenters. The maximum atomic E-state index is 3.66. The summed E-state index contributed by atoms with van der Waals surface area (Å²) in [7, 11) is -0.684. The molecule has 0 aliphatic rings. The summed E-state index contributed by atoms with van der Waals surface area (Å²) in [5, 5.41) is 3.56. The van der Waals surface area contributed by atoms with E-state index in [0.717, 1.165) is 0 Å². The molecule has 0 aliphatic carbocycles. The molecular weight excluding hydrogens is 248 g/mol. The minimum absolute atomic E-state index is 0.267. The lowest BCUT2D eigenvalue weighted by atomic mass is 9.80. The third kappa shape index (κ3) is 11.4. The molecule has 0 fully saturated rings. The molecule has 114 valence electrons. The van der Waals surface area contributed by atoms with Gasteiger partial charge in [-0.25, -0.2) is 0 Å². The summed E-state index contributed by atoms with van der Waals surface area (Å²) in [4.78, 5) is 0. The summed E-state index contributed by atoms with van der Waals surface area (Å²) in [5.41, 5.74) is 0.267. The van der Waals surface area contributed by atoms with Gasteiger partial charge in [0.15, 0.2) is 0 Å². The van der Waals surface area contributed by atoms with Crippen molar-refractivity contribution in [3.8, 4) is 11.2 Å². The fraction of sp³-hybridized carbons (Fsp3) is 0.889. The first kappa shape index (κ1) is 18.9. The van der Waals surface area contributed by atoms with Gasteiger partial charge in [0, 0.05) is 5.41 Å². The lowest BCUT2D eigenvalue weighted by Gasteiger charge is -2.25. The van der Waals surface area contributed by atoms with Crippen molar-refractivity contribution in [2.45, 2.75) is 78.6 Å². The van der Waals surface area contributed by atoms with Crippen molar-refractivity contribution in [2.75, 3.05) is 18.8 Å².